The standard InChI is InChI=1S/C23H38N6O7/c1-5-12(3)18(21(33)27-16(23(35)36)7-8-17(30)31)29-22(34)19(13(4)6-2)28-20(32)15(24)9-14-10-25-11-26-14/h10-13,15-16,18-19H,5-9,24H2,1-4H3,(H,25,26)(H,27,33)(H,28,32)(H,29,34)(H,30,31)(H,35,36). The van der Waals surface area contributed by atoms with Crippen LogP contribution in [0.15, 0.2) is 12.5 Å². The van der Waals surface area contributed by atoms with Crippen LogP contribution in [0.4, 0.5) is 0 Å². The monoisotopic (exact) mass is 510 g/mol. The summed E-state index contributed by atoms with van der Waals surface area (Å²) in [6.45, 7) is 7.14. The Hall–Kier alpha value is -3.48. The lowest BCUT2D eigenvalue weighted by atomic mass is 9.94. The maximum absolute atomic E-state index is 13.2. The van der Waals surface area contributed by atoms with Gasteiger partial charge in [0.25, 0.3) is 0 Å². The van der Waals surface area contributed by atoms with E-state index >= 15 is 0 Å². The van der Waals surface area contributed by atoms with E-state index in [1.807, 2.05) is 6.92 Å². The van der Waals surface area contributed by atoms with Gasteiger partial charge in [-0.2, -0.15) is 0 Å². The first kappa shape index (κ1) is 30.6. The van der Waals surface area contributed by atoms with Gasteiger partial charge in [-0.25, -0.2) is 9.78 Å². The summed E-state index contributed by atoms with van der Waals surface area (Å²) in [6.07, 6.45) is 3.47. The van der Waals surface area contributed by atoms with Crippen LogP contribution in [-0.2, 0) is 30.4 Å². The normalized spacial score (nSPS) is 16.0. The second-order valence-electron chi connectivity index (χ2n) is 8.96. The van der Waals surface area contributed by atoms with Crippen LogP contribution in [0.25, 0.3) is 0 Å². The molecule has 13 nitrogen and oxygen atoms in total. The van der Waals surface area contributed by atoms with Gasteiger partial charge in [0.2, 0.25) is 17.7 Å². The molecule has 0 spiro atoms. The maximum atomic E-state index is 13.2. The molecule has 0 aliphatic heterocycles. The Morgan fingerprint density at radius 3 is 1.92 bits per heavy atom. The summed E-state index contributed by atoms with van der Waals surface area (Å²) in [5.74, 6) is -5.15. The molecule has 0 saturated carbocycles. The fourth-order valence-electron chi connectivity index (χ4n) is 3.42. The fraction of sp³-hybridized carbons (Fsp3) is 0.652. The Morgan fingerprint density at radius 2 is 1.47 bits per heavy atom. The van der Waals surface area contributed by atoms with Crippen LogP contribution >= 0.6 is 0 Å². The van der Waals surface area contributed by atoms with Gasteiger partial charge < -0.3 is 36.9 Å². The zero-order valence-electron chi connectivity index (χ0n) is 21.1. The van der Waals surface area contributed by atoms with Gasteiger partial charge in [-0.15, -0.1) is 0 Å². The molecule has 0 fully saturated rings. The zero-order chi connectivity index (χ0) is 27.4. The predicted molar refractivity (Wildman–Crippen MR) is 129 cm³/mol. The number of aromatic nitrogens is 2. The molecule has 0 bridgehead atoms. The molecule has 1 aromatic rings. The third-order valence-electron chi connectivity index (χ3n) is 6.18. The molecule has 8 N–H and O–H groups in total. The first-order valence-corrected chi connectivity index (χ1v) is 12.0. The minimum atomic E-state index is -1.43. The molecule has 0 aromatic carbocycles. The van der Waals surface area contributed by atoms with Crippen molar-refractivity contribution in [3.05, 3.63) is 18.2 Å². The smallest absolute Gasteiger partial charge is 0.326 e. The first-order chi connectivity index (χ1) is 16.9. The Labute approximate surface area is 210 Å². The second-order valence-corrected chi connectivity index (χ2v) is 8.96. The molecule has 0 aliphatic rings. The fourth-order valence-corrected chi connectivity index (χ4v) is 3.42. The van der Waals surface area contributed by atoms with E-state index in [4.69, 9.17) is 10.8 Å². The summed E-state index contributed by atoms with van der Waals surface area (Å²) >= 11 is 0. The number of imidazole rings is 1. The highest BCUT2D eigenvalue weighted by molar-refractivity contribution is 5.94. The summed E-state index contributed by atoms with van der Waals surface area (Å²) in [5.41, 5.74) is 6.66. The van der Waals surface area contributed by atoms with Crippen molar-refractivity contribution in [3.63, 3.8) is 0 Å². The van der Waals surface area contributed by atoms with E-state index in [1.54, 1.807) is 27.0 Å². The van der Waals surface area contributed by atoms with E-state index < -0.39 is 60.2 Å². The molecule has 0 radical (unpaired) electrons. The van der Waals surface area contributed by atoms with Crippen LogP contribution in [0, 0.1) is 11.8 Å². The van der Waals surface area contributed by atoms with Crippen molar-refractivity contribution in [1.29, 1.82) is 0 Å². The molecule has 36 heavy (non-hydrogen) atoms. The Kier molecular flexibility index (Phi) is 12.6. The van der Waals surface area contributed by atoms with Gasteiger partial charge in [0.1, 0.15) is 18.1 Å². The van der Waals surface area contributed by atoms with Gasteiger partial charge in [0.15, 0.2) is 0 Å². The second kappa shape index (κ2) is 14.8. The number of amides is 3. The number of carbonyl (C=O) groups excluding carboxylic acids is 3. The van der Waals surface area contributed by atoms with Crippen molar-refractivity contribution < 1.29 is 34.2 Å². The number of carboxylic acid groups (broad SMARTS) is 2. The maximum Gasteiger partial charge on any atom is 0.326 e. The van der Waals surface area contributed by atoms with Gasteiger partial charge in [-0.1, -0.05) is 40.5 Å². The minimum Gasteiger partial charge on any atom is -0.481 e. The molecule has 6 unspecified atom stereocenters. The van der Waals surface area contributed by atoms with E-state index in [0.717, 1.165) is 0 Å². The Balaban J connectivity index is 2.99. The first-order valence-electron chi connectivity index (χ1n) is 12.0. The number of carbonyl (C=O) groups is 5. The highest BCUT2D eigenvalue weighted by Gasteiger charge is 2.34. The molecule has 202 valence electrons. The third kappa shape index (κ3) is 9.64. The topological polar surface area (TPSA) is 217 Å². The number of nitrogens with two attached hydrogens (primary N) is 1. The minimum absolute atomic E-state index is 0.186. The SMILES string of the molecule is CCC(C)C(NC(=O)C(N)Cc1cnc[nH]1)C(=O)NC(C(=O)NC(CCC(=O)O)C(=O)O)C(C)CC. The van der Waals surface area contributed by atoms with Crippen LogP contribution in [0.3, 0.4) is 0 Å². The van der Waals surface area contributed by atoms with Gasteiger partial charge in [0.05, 0.1) is 12.4 Å². The zero-order valence-corrected chi connectivity index (χ0v) is 21.1. The lowest BCUT2D eigenvalue weighted by Gasteiger charge is -2.30. The van der Waals surface area contributed by atoms with Crippen molar-refractivity contribution >= 4 is 29.7 Å². The van der Waals surface area contributed by atoms with Gasteiger partial charge >= 0.3 is 11.9 Å². The average Bonchev–Trinajstić information content (AvgIpc) is 3.34. The van der Waals surface area contributed by atoms with Crippen molar-refractivity contribution in [2.75, 3.05) is 0 Å². The lowest BCUT2D eigenvalue weighted by molar-refractivity contribution is -0.143. The predicted octanol–water partition coefficient (Wildman–Crippen LogP) is -0.224. The highest BCUT2D eigenvalue weighted by Crippen LogP contribution is 2.13. The van der Waals surface area contributed by atoms with Gasteiger partial charge in [-0.05, 0) is 18.3 Å². The summed E-state index contributed by atoms with van der Waals surface area (Å²) in [6, 6.07) is -4.46. The van der Waals surface area contributed by atoms with Crippen molar-refractivity contribution in [1.82, 2.24) is 25.9 Å². The summed E-state index contributed by atoms with van der Waals surface area (Å²) in [4.78, 5) is 68.0. The van der Waals surface area contributed by atoms with Crippen molar-refractivity contribution in [2.45, 2.75) is 84.0 Å². The highest BCUT2D eigenvalue weighted by atomic mass is 16.4. The largest absolute Gasteiger partial charge is 0.481 e. The number of nitrogens with one attached hydrogen (secondary N) is 4. The van der Waals surface area contributed by atoms with Gasteiger partial charge in [-0.3, -0.25) is 19.2 Å². The van der Waals surface area contributed by atoms with E-state index in [-0.39, 0.29) is 24.7 Å². The Morgan fingerprint density at radius 1 is 0.944 bits per heavy atom. The molecular formula is C23H38N6O7. The summed E-state index contributed by atoms with van der Waals surface area (Å²) in [5, 5.41) is 25.9. The molecule has 0 saturated heterocycles. The number of hydrogen-bond donors (Lipinski definition) is 7. The summed E-state index contributed by atoms with van der Waals surface area (Å²) in [7, 11) is 0. The number of carboxylic acids is 2. The van der Waals surface area contributed by atoms with E-state index in [9.17, 15) is 29.1 Å². The molecule has 6 atom stereocenters. The number of aliphatic carboxylic acids is 2. The quantitative estimate of drug-likeness (QED) is 0.156. The van der Waals surface area contributed by atoms with Crippen LogP contribution in [-0.4, -0.2) is 74.0 Å². The molecule has 1 heterocycles. The van der Waals surface area contributed by atoms with Crippen LogP contribution < -0.4 is 21.7 Å². The van der Waals surface area contributed by atoms with E-state index in [1.165, 1.54) is 6.33 Å². The average molecular weight is 511 g/mol. The van der Waals surface area contributed by atoms with E-state index in [2.05, 4.69) is 25.9 Å². The molecule has 1 aromatic heterocycles. The number of H-pyrrole nitrogens is 1. The lowest BCUT2D eigenvalue weighted by Crippen LogP contribution is -2.60. The molecular weight excluding hydrogens is 472 g/mol. The number of rotatable bonds is 16. The van der Waals surface area contributed by atoms with E-state index in [0.29, 0.717) is 18.5 Å². The van der Waals surface area contributed by atoms with Crippen LogP contribution in [0.5, 0.6) is 0 Å². The number of aromatic amines is 1. The molecule has 3 amide bonds. The van der Waals surface area contributed by atoms with Crippen LogP contribution in [0.2, 0.25) is 0 Å². The van der Waals surface area contributed by atoms with Crippen LogP contribution in [0.1, 0.15) is 59.1 Å². The summed E-state index contributed by atoms with van der Waals surface area (Å²) < 4.78 is 0. The Bertz CT molecular complexity index is 892. The number of nitrogens with zero attached hydrogens (tertiary/aromatic N) is 1. The molecule has 0 aliphatic carbocycles. The third-order valence-corrected chi connectivity index (χ3v) is 6.18. The van der Waals surface area contributed by atoms with Crippen molar-refractivity contribution in [2.24, 2.45) is 17.6 Å². The molecule has 1 rings (SSSR count). The molecule has 13 heteroatoms. The number of hydrogen-bond acceptors (Lipinski definition) is 7. The van der Waals surface area contributed by atoms with Crippen molar-refractivity contribution in [3.8, 4) is 0 Å². The van der Waals surface area contributed by atoms with Gasteiger partial charge in [0, 0.05) is 24.7 Å².